The Balaban J connectivity index is 1.73. The van der Waals surface area contributed by atoms with Crippen LogP contribution < -0.4 is 15.6 Å². The lowest BCUT2D eigenvalue weighted by atomic mass is 10.1. The van der Waals surface area contributed by atoms with Crippen molar-refractivity contribution in [2.24, 2.45) is 0 Å². The molecule has 1 N–H and O–H groups in total. The Kier molecular flexibility index (Phi) is 7.80. The van der Waals surface area contributed by atoms with E-state index in [1.807, 2.05) is 18.2 Å². The third kappa shape index (κ3) is 6.67. The SMILES string of the molecule is CCOC(=O)Nc1cccc(Cn2nc(-c3ccc(OCC(=O)N(C)C)cc3)ccc2=O)c1. The van der Waals surface area contributed by atoms with Gasteiger partial charge in [-0.3, -0.25) is 14.9 Å². The fourth-order valence-electron chi connectivity index (χ4n) is 2.92. The van der Waals surface area contributed by atoms with Gasteiger partial charge in [-0.05, 0) is 55.0 Å². The number of rotatable bonds is 8. The van der Waals surface area contributed by atoms with Gasteiger partial charge in [-0.15, -0.1) is 0 Å². The van der Waals surface area contributed by atoms with Crippen LogP contribution in [0.25, 0.3) is 11.3 Å². The molecule has 0 unspecified atom stereocenters. The first-order chi connectivity index (χ1) is 15.9. The molecule has 1 heterocycles. The summed E-state index contributed by atoms with van der Waals surface area (Å²) in [6.07, 6.45) is -0.537. The van der Waals surface area contributed by atoms with Crippen LogP contribution in [0.2, 0.25) is 0 Å². The largest absolute Gasteiger partial charge is 0.484 e. The highest BCUT2D eigenvalue weighted by Gasteiger charge is 2.08. The van der Waals surface area contributed by atoms with Gasteiger partial charge in [0.25, 0.3) is 11.5 Å². The molecule has 0 fully saturated rings. The molecule has 0 aliphatic carbocycles. The smallest absolute Gasteiger partial charge is 0.411 e. The highest BCUT2D eigenvalue weighted by atomic mass is 16.5. The lowest BCUT2D eigenvalue weighted by molar-refractivity contribution is -0.130. The van der Waals surface area contributed by atoms with Crippen LogP contribution >= 0.6 is 0 Å². The predicted molar refractivity (Wildman–Crippen MR) is 124 cm³/mol. The molecule has 9 nitrogen and oxygen atoms in total. The monoisotopic (exact) mass is 450 g/mol. The Morgan fingerprint density at radius 1 is 1.06 bits per heavy atom. The minimum atomic E-state index is -0.537. The molecule has 33 heavy (non-hydrogen) atoms. The van der Waals surface area contributed by atoms with Crippen molar-refractivity contribution in [1.82, 2.24) is 14.7 Å². The first-order valence-electron chi connectivity index (χ1n) is 10.4. The van der Waals surface area contributed by atoms with Crippen LogP contribution in [-0.4, -0.2) is 54.0 Å². The van der Waals surface area contributed by atoms with Gasteiger partial charge in [0, 0.05) is 31.4 Å². The molecule has 0 spiro atoms. The molecule has 0 saturated carbocycles. The molecular weight excluding hydrogens is 424 g/mol. The number of carbonyl (C=O) groups is 2. The molecule has 1 aromatic heterocycles. The lowest BCUT2D eigenvalue weighted by Crippen LogP contribution is -2.27. The summed E-state index contributed by atoms with van der Waals surface area (Å²) in [7, 11) is 3.34. The maximum Gasteiger partial charge on any atom is 0.411 e. The normalized spacial score (nSPS) is 10.4. The van der Waals surface area contributed by atoms with Crippen molar-refractivity contribution in [2.75, 3.05) is 32.6 Å². The van der Waals surface area contributed by atoms with E-state index in [9.17, 15) is 14.4 Å². The third-order valence-electron chi connectivity index (χ3n) is 4.66. The van der Waals surface area contributed by atoms with Crippen molar-refractivity contribution < 1.29 is 19.1 Å². The van der Waals surface area contributed by atoms with E-state index in [4.69, 9.17) is 9.47 Å². The summed E-state index contributed by atoms with van der Waals surface area (Å²) >= 11 is 0. The Morgan fingerprint density at radius 2 is 1.82 bits per heavy atom. The number of carbonyl (C=O) groups excluding carboxylic acids is 2. The summed E-state index contributed by atoms with van der Waals surface area (Å²) in [4.78, 5) is 37.1. The summed E-state index contributed by atoms with van der Waals surface area (Å²) in [5, 5.41) is 7.12. The second-order valence-electron chi connectivity index (χ2n) is 7.36. The Hall–Kier alpha value is -4.14. The van der Waals surface area contributed by atoms with E-state index in [0.717, 1.165) is 11.1 Å². The number of anilines is 1. The maximum absolute atomic E-state index is 12.4. The van der Waals surface area contributed by atoms with Crippen molar-refractivity contribution in [3.63, 3.8) is 0 Å². The van der Waals surface area contributed by atoms with E-state index in [2.05, 4.69) is 10.4 Å². The molecule has 0 aliphatic rings. The Labute approximate surface area is 191 Å². The summed E-state index contributed by atoms with van der Waals surface area (Å²) in [5.74, 6) is 0.433. The van der Waals surface area contributed by atoms with Gasteiger partial charge >= 0.3 is 6.09 Å². The van der Waals surface area contributed by atoms with Crippen molar-refractivity contribution in [2.45, 2.75) is 13.5 Å². The standard InChI is InChI=1S/C24H26N4O5/c1-4-32-24(31)25-19-7-5-6-17(14-19)15-28-22(29)13-12-21(26-28)18-8-10-20(11-9-18)33-16-23(30)27(2)3/h5-14H,4,15-16H2,1-3H3,(H,25,31). The number of hydrogen-bond acceptors (Lipinski definition) is 6. The van der Waals surface area contributed by atoms with Gasteiger partial charge in [0.05, 0.1) is 18.8 Å². The van der Waals surface area contributed by atoms with Crippen molar-refractivity contribution in [3.8, 4) is 17.0 Å². The molecular formula is C24H26N4O5. The number of ether oxygens (including phenoxy) is 2. The van der Waals surface area contributed by atoms with Crippen LogP contribution in [0.15, 0.2) is 65.5 Å². The van der Waals surface area contributed by atoms with E-state index in [1.54, 1.807) is 57.4 Å². The molecule has 0 saturated heterocycles. The maximum atomic E-state index is 12.4. The zero-order chi connectivity index (χ0) is 23.8. The second-order valence-corrected chi connectivity index (χ2v) is 7.36. The van der Waals surface area contributed by atoms with E-state index < -0.39 is 6.09 Å². The molecule has 0 radical (unpaired) electrons. The number of nitrogens with one attached hydrogen (secondary N) is 1. The minimum absolute atomic E-state index is 0.0421. The number of nitrogens with zero attached hydrogens (tertiary/aromatic N) is 3. The van der Waals surface area contributed by atoms with E-state index >= 15 is 0 Å². The Bertz CT molecular complexity index is 1170. The van der Waals surface area contributed by atoms with Crippen LogP contribution in [0.4, 0.5) is 10.5 Å². The van der Waals surface area contributed by atoms with Gasteiger partial charge in [0.15, 0.2) is 6.61 Å². The fourth-order valence-corrected chi connectivity index (χ4v) is 2.92. The van der Waals surface area contributed by atoms with Crippen LogP contribution in [0, 0.1) is 0 Å². The van der Waals surface area contributed by atoms with Crippen molar-refractivity contribution >= 4 is 17.7 Å². The quantitative estimate of drug-likeness (QED) is 0.566. The van der Waals surface area contributed by atoms with Gasteiger partial charge < -0.3 is 14.4 Å². The van der Waals surface area contributed by atoms with Crippen LogP contribution in [0.3, 0.4) is 0 Å². The van der Waals surface area contributed by atoms with Crippen LogP contribution in [-0.2, 0) is 16.1 Å². The third-order valence-corrected chi connectivity index (χ3v) is 4.66. The molecule has 0 aliphatic heterocycles. The average Bonchev–Trinajstić information content (AvgIpc) is 2.79. The van der Waals surface area contributed by atoms with E-state index in [-0.39, 0.29) is 31.2 Å². The number of benzene rings is 2. The van der Waals surface area contributed by atoms with Gasteiger partial charge in [0.2, 0.25) is 0 Å². The lowest BCUT2D eigenvalue weighted by Gasteiger charge is -2.12. The summed E-state index contributed by atoms with van der Waals surface area (Å²) in [5.41, 5.74) is 2.53. The fraction of sp³-hybridized carbons (Fsp3) is 0.250. The molecule has 2 aromatic carbocycles. The van der Waals surface area contributed by atoms with Crippen molar-refractivity contribution in [1.29, 1.82) is 0 Å². The zero-order valence-electron chi connectivity index (χ0n) is 18.8. The number of aromatic nitrogens is 2. The number of amides is 2. The molecule has 0 bridgehead atoms. The molecule has 0 atom stereocenters. The van der Waals surface area contributed by atoms with E-state index in [0.29, 0.717) is 17.1 Å². The van der Waals surface area contributed by atoms with Crippen LogP contribution in [0.5, 0.6) is 5.75 Å². The molecule has 3 rings (SSSR count). The Morgan fingerprint density at radius 3 is 2.52 bits per heavy atom. The predicted octanol–water partition coefficient (Wildman–Crippen LogP) is 2.99. The number of likely N-dealkylation sites (N-methyl/N-ethyl adjacent to an activating group) is 1. The first kappa shape index (κ1) is 23.5. The average molecular weight is 450 g/mol. The zero-order valence-corrected chi connectivity index (χ0v) is 18.8. The molecule has 172 valence electrons. The minimum Gasteiger partial charge on any atom is -0.484 e. The highest BCUT2D eigenvalue weighted by Crippen LogP contribution is 2.20. The summed E-state index contributed by atoms with van der Waals surface area (Å²) in [6, 6.07) is 17.4. The topological polar surface area (TPSA) is 103 Å². The second kappa shape index (κ2) is 10.9. The number of hydrogen-bond donors (Lipinski definition) is 1. The molecule has 3 aromatic rings. The van der Waals surface area contributed by atoms with Crippen molar-refractivity contribution in [3.05, 3.63) is 76.6 Å². The van der Waals surface area contributed by atoms with Gasteiger partial charge in [-0.25, -0.2) is 9.48 Å². The van der Waals surface area contributed by atoms with Gasteiger partial charge in [-0.1, -0.05) is 12.1 Å². The molecule has 2 amide bonds. The van der Waals surface area contributed by atoms with Gasteiger partial charge in [-0.2, -0.15) is 5.10 Å². The highest BCUT2D eigenvalue weighted by molar-refractivity contribution is 5.84. The van der Waals surface area contributed by atoms with Crippen LogP contribution in [0.1, 0.15) is 12.5 Å². The summed E-state index contributed by atoms with van der Waals surface area (Å²) < 4.78 is 11.7. The van der Waals surface area contributed by atoms with E-state index in [1.165, 1.54) is 15.6 Å². The van der Waals surface area contributed by atoms with Gasteiger partial charge in [0.1, 0.15) is 5.75 Å². The molecule has 9 heteroatoms. The summed E-state index contributed by atoms with van der Waals surface area (Å²) in [6.45, 7) is 2.20. The first-order valence-corrected chi connectivity index (χ1v) is 10.4.